The van der Waals surface area contributed by atoms with Gasteiger partial charge in [0.1, 0.15) is 5.70 Å². The van der Waals surface area contributed by atoms with Crippen molar-refractivity contribution in [1.29, 1.82) is 0 Å². The van der Waals surface area contributed by atoms with E-state index in [2.05, 4.69) is 17.6 Å². The fourth-order valence-corrected chi connectivity index (χ4v) is 5.55. The highest BCUT2D eigenvalue weighted by molar-refractivity contribution is 7.84. The van der Waals surface area contributed by atoms with Gasteiger partial charge in [-0.05, 0) is 37.5 Å². The Kier molecular flexibility index (Phi) is 5.30. The molecule has 32 heavy (non-hydrogen) atoms. The maximum Gasteiger partial charge on any atom is 0.353 e. The minimum Gasteiger partial charge on any atom is -0.477 e. The number of hydrogen-bond donors (Lipinski definition) is 3. The van der Waals surface area contributed by atoms with E-state index in [1.165, 1.54) is 24.0 Å². The Balaban J connectivity index is 1.96. The number of amides is 1. The van der Waals surface area contributed by atoms with Gasteiger partial charge in [0.15, 0.2) is 0 Å². The molecule has 2 unspecified atom stereocenters. The third-order valence-electron chi connectivity index (χ3n) is 6.37. The van der Waals surface area contributed by atoms with Crippen molar-refractivity contribution in [3.8, 4) is 0 Å². The number of aromatic nitrogens is 1. The molecule has 0 bridgehead atoms. The minimum atomic E-state index is -1.29. The maximum absolute atomic E-state index is 12.9. The molecule has 1 aromatic heterocycles. The van der Waals surface area contributed by atoms with Crippen LogP contribution in [-0.4, -0.2) is 49.0 Å². The summed E-state index contributed by atoms with van der Waals surface area (Å²) >= 11 is 4.64. The molecule has 1 saturated heterocycles. The van der Waals surface area contributed by atoms with Crippen LogP contribution in [0.1, 0.15) is 23.7 Å². The number of fused-ring (bicyclic) bond motifs is 1. The second-order valence-corrected chi connectivity index (χ2v) is 8.58. The summed E-state index contributed by atoms with van der Waals surface area (Å²) in [5.41, 5.74) is 0.637. The fourth-order valence-electron chi connectivity index (χ4n) is 5.01. The van der Waals surface area contributed by atoms with Crippen molar-refractivity contribution in [2.45, 2.75) is 37.8 Å². The molecule has 2 aromatic rings. The van der Waals surface area contributed by atoms with Crippen LogP contribution in [0, 0.1) is 23.0 Å². The monoisotopic (exact) mass is 455 g/mol. The molecule has 2 aliphatic heterocycles. The number of nitro benzene ring substituents is 1. The molecule has 0 spiro atoms. The molecule has 9 nitrogen and oxygen atoms in total. The highest BCUT2D eigenvalue weighted by Gasteiger charge is 2.68. The first kappa shape index (κ1) is 22.0. The van der Waals surface area contributed by atoms with Crippen molar-refractivity contribution in [2.75, 3.05) is 0 Å². The number of benzene rings is 1. The number of hydrogen-bond acceptors (Lipinski definition) is 7. The van der Waals surface area contributed by atoms with E-state index in [4.69, 9.17) is 0 Å². The van der Waals surface area contributed by atoms with Crippen molar-refractivity contribution in [1.82, 2.24) is 9.88 Å². The van der Waals surface area contributed by atoms with Crippen molar-refractivity contribution in [3.63, 3.8) is 0 Å². The normalized spacial score (nSPS) is 25.4. The summed E-state index contributed by atoms with van der Waals surface area (Å²) in [6.07, 6.45) is 0.819. The number of thiol groups is 1. The molecule has 1 fully saturated rings. The molecule has 1 amide bonds. The number of carboxylic acids is 1. The standard InChI is InChI=1S/C22H21N3O6S/c1-11-15(4-3-9-23-11)22(10-13-5-7-14(8-6-13)25(30)31)18-16(12(2)26)20(27)24(18)17(19(22)32)21(28)29/h3-9,12,16,18,26,32H,10H2,1-2H3,(H,28,29)/t12-,16+,18?,22?/m1/s1. The van der Waals surface area contributed by atoms with Crippen LogP contribution in [-0.2, 0) is 21.4 Å². The molecular formula is C22H21N3O6S. The zero-order valence-corrected chi connectivity index (χ0v) is 18.2. The van der Waals surface area contributed by atoms with Crippen molar-refractivity contribution in [2.24, 2.45) is 5.92 Å². The Bertz CT molecular complexity index is 1160. The van der Waals surface area contributed by atoms with Crippen molar-refractivity contribution >= 4 is 30.2 Å². The lowest BCUT2D eigenvalue weighted by Crippen LogP contribution is -2.68. The molecule has 4 atom stereocenters. The predicted octanol–water partition coefficient (Wildman–Crippen LogP) is 2.23. The van der Waals surface area contributed by atoms with E-state index in [-0.39, 0.29) is 22.7 Å². The molecule has 0 radical (unpaired) electrons. The Morgan fingerprint density at radius 3 is 2.53 bits per heavy atom. The van der Waals surface area contributed by atoms with Crippen LogP contribution < -0.4 is 0 Å². The SMILES string of the molecule is Cc1ncccc1C1(Cc2ccc([N+](=O)[O-])cc2)C(S)=C(C(=O)O)N2C(=O)[C@@H]([C@@H](C)O)C21. The number of nitro groups is 1. The molecule has 1 aromatic carbocycles. The van der Waals surface area contributed by atoms with Crippen molar-refractivity contribution in [3.05, 3.63) is 80.1 Å². The zero-order chi connectivity index (χ0) is 23.4. The highest BCUT2D eigenvalue weighted by atomic mass is 32.1. The molecule has 3 heterocycles. The van der Waals surface area contributed by atoms with Gasteiger partial charge in [-0.1, -0.05) is 18.2 Å². The van der Waals surface area contributed by atoms with Gasteiger partial charge in [0.25, 0.3) is 5.69 Å². The quantitative estimate of drug-likeness (QED) is 0.263. The maximum atomic E-state index is 12.9. The molecule has 2 aliphatic rings. The van der Waals surface area contributed by atoms with E-state index in [0.717, 1.165) is 0 Å². The number of β-lactam (4-membered cyclic amide) rings is 1. The largest absolute Gasteiger partial charge is 0.477 e. The van der Waals surface area contributed by atoms with Crippen LogP contribution in [0.3, 0.4) is 0 Å². The summed E-state index contributed by atoms with van der Waals surface area (Å²) < 4.78 is 0. The molecule has 0 saturated carbocycles. The first-order chi connectivity index (χ1) is 15.1. The van der Waals surface area contributed by atoms with Gasteiger partial charge >= 0.3 is 5.97 Å². The van der Waals surface area contributed by atoms with E-state index < -0.39 is 40.3 Å². The van der Waals surface area contributed by atoms with Gasteiger partial charge in [-0.25, -0.2) is 4.79 Å². The van der Waals surface area contributed by atoms with E-state index in [1.54, 1.807) is 31.3 Å². The van der Waals surface area contributed by atoms with Crippen molar-refractivity contribution < 1.29 is 24.7 Å². The topological polar surface area (TPSA) is 134 Å². The van der Waals surface area contributed by atoms with E-state index in [0.29, 0.717) is 16.8 Å². The fraction of sp³-hybridized carbons (Fsp3) is 0.318. The lowest BCUT2D eigenvalue weighted by atomic mass is 9.62. The van der Waals surface area contributed by atoms with Gasteiger partial charge in [-0.2, -0.15) is 0 Å². The Morgan fingerprint density at radius 2 is 2.00 bits per heavy atom. The number of aliphatic hydroxyl groups is 1. The van der Waals surface area contributed by atoms with Crippen LogP contribution in [0.2, 0.25) is 0 Å². The molecule has 0 aliphatic carbocycles. The predicted molar refractivity (Wildman–Crippen MR) is 117 cm³/mol. The molecule has 4 rings (SSSR count). The number of rotatable bonds is 6. The molecule has 2 N–H and O–H groups in total. The number of carboxylic acid groups (broad SMARTS) is 1. The van der Waals surface area contributed by atoms with Crippen LogP contribution in [0.15, 0.2) is 53.2 Å². The first-order valence-corrected chi connectivity index (χ1v) is 10.4. The average molecular weight is 455 g/mol. The number of aryl methyl sites for hydroxylation is 1. The Hall–Kier alpha value is -3.24. The number of aliphatic hydroxyl groups excluding tert-OH is 1. The van der Waals surface area contributed by atoms with Gasteiger partial charge in [-0.3, -0.25) is 24.8 Å². The third-order valence-corrected chi connectivity index (χ3v) is 6.98. The summed E-state index contributed by atoms with van der Waals surface area (Å²) in [5.74, 6) is -2.59. The Morgan fingerprint density at radius 1 is 1.34 bits per heavy atom. The second kappa shape index (κ2) is 7.72. The van der Waals surface area contributed by atoms with Crippen LogP contribution in [0.5, 0.6) is 0 Å². The molecule has 166 valence electrons. The lowest BCUT2D eigenvalue weighted by molar-refractivity contribution is -0.384. The van der Waals surface area contributed by atoms with Gasteiger partial charge in [0.2, 0.25) is 5.91 Å². The van der Waals surface area contributed by atoms with E-state index in [1.807, 2.05) is 6.07 Å². The summed E-state index contributed by atoms with van der Waals surface area (Å²) in [6.45, 7) is 3.29. The van der Waals surface area contributed by atoms with Gasteiger partial charge in [-0.15, -0.1) is 12.6 Å². The Labute approximate surface area is 189 Å². The average Bonchev–Trinajstić information content (AvgIpc) is 2.94. The molecular weight excluding hydrogens is 434 g/mol. The first-order valence-electron chi connectivity index (χ1n) is 9.94. The van der Waals surface area contributed by atoms with E-state index >= 15 is 0 Å². The summed E-state index contributed by atoms with van der Waals surface area (Å²) in [5, 5.41) is 31.3. The molecule has 10 heteroatoms. The lowest BCUT2D eigenvalue weighted by Gasteiger charge is -2.52. The number of aliphatic carboxylic acids is 1. The van der Waals surface area contributed by atoms with E-state index in [9.17, 15) is 29.9 Å². The van der Waals surface area contributed by atoms with Gasteiger partial charge in [0, 0.05) is 28.9 Å². The second-order valence-electron chi connectivity index (χ2n) is 8.13. The zero-order valence-electron chi connectivity index (χ0n) is 17.3. The summed E-state index contributed by atoms with van der Waals surface area (Å²) in [7, 11) is 0. The number of carbonyl (C=O) groups is 2. The highest BCUT2D eigenvalue weighted by Crippen LogP contribution is 2.58. The van der Waals surface area contributed by atoms with Crippen LogP contribution >= 0.6 is 12.6 Å². The smallest absolute Gasteiger partial charge is 0.353 e. The van der Waals surface area contributed by atoms with Crippen LogP contribution in [0.4, 0.5) is 5.69 Å². The number of nitrogens with zero attached hydrogens (tertiary/aromatic N) is 3. The third kappa shape index (κ3) is 3.01. The summed E-state index contributed by atoms with van der Waals surface area (Å²) in [4.78, 5) is 41.3. The number of pyridine rings is 1. The van der Waals surface area contributed by atoms with Gasteiger partial charge < -0.3 is 10.2 Å². The van der Waals surface area contributed by atoms with Crippen LogP contribution in [0.25, 0.3) is 0 Å². The number of non-ortho nitro benzene ring substituents is 1. The minimum absolute atomic E-state index is 0.0676. The van der Waals surface area contributed by atoms with Gasteiger partial charge in [0.05, 0.1) is 28.4 Å². The summed E-state index contributed by atoms with van der Waals surface area (Å²) in [6, 6.07) is 8.82. The number of carbonyl (C=O) groups excluding carboxylic acids is 1.